The Morgan fingerprint density at radius 3 is 2.48 bits per heavy atom. The normalized spacial score (nSPS) is 11.3. The Hall–Kier alpha value is -1.39. The molecule has 23 heavy (non-hydrogen) atoms. The number of nitrogens with zero attached hydrogens (tertiary/aromatic N) is 2. The molecular weight excluding hydrogens is 302 g/mol. The van der Waals surface area contributed by atoms with Gasteiger partial charge in [-0.25, -0.2) is 4.98 Å². The molecule has 0 radical (unpaired) electrons. The topological polar surface area (TPSA) is 42.1 Å². The third-order valence-corrected chi connectivity index (χ3v) is 5.18. The zero-order chi connectivity index (χ0) is 16.5. The van der Waals surface area contributed by atoms with Gasteiger partial charge in [-0.1, -0.05) is 37.3 Å². The van der Waals surface area contributed by atoms with E-state index in [4.69, 9.17) is 5.73 Å². The van der Waals surface area contributed by atoms with Gasteiger partial charge in [-0.3, -0.25) is 0 Å². The lowest BCUT2D eigenvalue weighted by Crippen LogP contribution is -2.28. The smallest absolute Gasteiger partial charge is 0.180 e. The van der Waals surface area contributed by atoms with Crippen LogP contribution in [0.3, 0.4) is 0 Å². The van der Waals surface area contributed by atoms with Gasteiger partial charge in [0.25, 0.3) is 0 Å². The van der Waals surface area contributed by atoms with E-state index in [1.54, 1.807) is 11.3 Å². The minimum atomic E-state index is 0.702. The van der Waals surface area contributed by atoms with Crippen LogP contribution in [0.25, 0.3) is 0 Å². The first-order chi connectivity index (χ1) is 11.2. The Bertz CT molecular complexity index is 565. The van der Waals surface area contributed by atoms with Crippen molar-refractivity contribution in [1.29, 1.82) is 0 Å². The molecule has 1 aromatic heterocycles. The molecule has 0 aliphatic carbocycles. The summed E-state index contributed by atoms with van der Waals surface area (Å²) in [5, 5.41) is 0.702. The Kier molecular flexibility index (Phi) is 7.56. The van der Waals surface area contributed by atoms with Gasteiger partial charge in [0.05, 0.1) is 5.69 Å². The molecule has 0 aliphatic rings. The lowest BCUT2D eigenvalue weighted by atomic mass is 10.1. The molecule has 4 heteroatoms. The van der Waals surface area contributed by atoms with Crippen molar-refractivity contribution in [2.75, 3.05) is 25.4 Å². The second-order valence-electron chi connectivity index (χ2n) is 6.10. The van der Waals surface area contributed by atoms with Crippen molar-refractivity contribution in [3.8, 4) is 0 Å². The number of hydrogen-bond acceptors (Lipinski definition) is 4. The molecule has 0 atom stereocenters. The molecule has 0 aliphatic heterocycles. The number of nitrogens with two attached hydrogens (primary N) is 1. The van der Waals surface area contributed by atoms with Crippen molar-refractivity contribution in [3.63, 3.8) is 0 Å². The van der Waals surface area contributed by atoms with Gasteiger partial charge in [-0.2, -0.15) is 0 Å². The number of aromatic nitrogens is 1. The summed E-state index contributed by atoms with van der Waals surface area (Å²) in [6.07, 6.45) is 5.93. The van der Waals surface area contributed by atoms with Crippen LogP contribution in [0.5, 0.6) is 0 Å². The summed E-state index contributed by atoms with van der Waals surface area (Å²) < 4.78 is 0. The van der Waals surface area contributed by atoms with Gasteiger partial charge >= 0.3 is 0 Å². The number of hydrogen-bond donors (Lipinski definition) is 1. The van der Waals surface area contributed by atoms with Crippen molar-refractivity contribution < 1.29 is 0 Å². The highest BCUT2D eigenvalue weighted by Crippen LogP contribution is 2.21. The van der Waals surface area contributed by atoms with Gasteiger partial charge in [0.1, 0.15) is 0 Å². The molecule has 3 nitrogen and oxygen atoms in total. The molecule has 0 spiro atoms. The summed E-state index contributed by atoms with van der Waals surface area (Å²) in [6, 6.07) is 10.8. The fourth-order valence-electron chi connectivity index (χ4n) is 2.89. The molecule has 1 aromatic carbocycles. The Balaban J connectivity index is 1.70. The zero-order valence-corrected chi connectivity index (χ0v) is 15.2. The standard InChI is InChI=1S/C19H29N3S/c1-3-13-22(15-12-17-9-5-4-6-10-17)14-8-7-11-18-16(2)21-19(20)23-18/h4-6,9-10H,3,7-8,11-15H2,1-2H3,(H2,20,21). The van der Waals surface area contributed by atoms with Crippen molar-refractivity contribution in [2.24, 2.45) is 0 Å². The zero-order valence-electron chi connectivity index (χ0n) is 14.4. The molecule has 0 saturated heterocycles. The van der Waals surface area contributed by atoms with E-state index < -0.39 is 0 Å². The van der Waals surface area contributed by atoms with Crippen molar-refractivity contribution in [2.45, 2.75) is 46.0 Å². The fourth-order valence-corrected chi connectivity index (χ4v) is 3.76. The van der Waals surface area contributed by atoms with Crippen LogP contribution in [0.1, 0.15) is 42.3 Å². The number of aryl methyl sites for hydroxylation is 2. The summed E-state index contributed by atoms with van der Waals surface area (Å²) in [7, 11) is 0. The first kappa shape index (κ1) is 18.0. The van der Waals surface area contributed by atoms with Crippen LogP contribution in [-0.4, -0.2) is 29.5 Å². The summed E-state index contributed by atoms with van der Waals surface area (Å²) in [5.74, 6) is 0. The highest BCUT2D eigenvalue weighted by molar-refractivity contribution is 7.15. The largest absolute Gasteiger partial charge is 0.375 e. The van der Waals surface area contributed by atoms with E-state index in [1.165, 1.54) is 42.8 Å². The maximum absolute atomic E-state index is 5.77. The molecule has 126 valence electrons. The number of rotatable bonds is 10. The number of thiazole rings is 1. The van der Waals surface area contributed by atoms with E-state index in [-0.39, 0.29) is 0 Å². The van der Waals surface area contributed by atoms with Gasteiger partial charge in [0.15, 0.2) is 5.13 Å². The average Bonchev–Trinajstić information content (AvgIpc) is 2.87. The Morgan fingerprint density at radius 1 is 1.04 bits per heavy atom. The third kappa shape index (κ3) is 6.32. The number of benzene rings is 1. The summed E-state index contributed by atoms with van der Waals surface area (Å²) in [5.41, 5.74) is 8.31. The molecule has 0 saturated carbocycles. The van der Waals surface area contributed by atoms with Crippen molar-refractivity contribution >= 4 is 16.5 Å². The van der Waals surface area contributed by atoms with Crippen molar-refractivity contribution in [1.82, 2.24) is 9.88 Å². The predicted molar refractivity (Wildman–Crippen MR) is 101 cm³/mol. The van der Waals surface area contributed by atoms with Crippen molar-refractivity contribution in [3.05, 3.63) is 46.5 Å². The fraction of sp³-hybridized carbons (Fsp3) is 0.526. The van der Waals surface area contributed by atoms with Crippen LogP contribution >= 0.6 is 11.3 Å². The minimum absolute atomic E-state index is 0.702. The Morgan fingerprint density at radius 2 is 1.83 bits per heavy atom. The highest BCUT2D eigenvalue weighted by Gasteiger charge is 2.07. The molecule has 0 unspecified atom stereocenters. The lowest BCUT2D eigenvalue weighted by Gasteiger charge is -2.21. The molecular formula is C19H29N3S. The number of nitrogen functional groups attached to an aromatic ring is 1. The van der Waals surface area contributed by atoms with Gasteiger partial charge in [0, 0.05) is 11.4 Å². The molecule has 0 fully saturated rings. The predicted octanol–water partition coefficient (Wildman–Crippen LogP) is 4.31. The highest BCUT2D eigenvalue weighted by atomic mass is 32.1. The van der Waals surface area contributed by atoms with E-state index in [0.717, 1.165) is 25.1 Å². The quantitative estimate of drug-likeness (QED) is 0.660. The van der Waals surface area contributed by atoms with E-state index >= 15 is 0 Å². The van der Waals surface area contributed by atoms with E-state index in [9.17, 15) is 0 Å². The third-order valence-electron chi connectivity index (χ3n) is 4.14. The summed E-state index contributed by atoms with van der Waals surface area (Å²) in [6.45, 7) is 7.86. The van der Waals surface area contributed by atoms with Crippen LogP contribution in [0.2, 0.25) is 0 Å². The minimum Gasteiger partial charge on any atom is -0.375 e. The lowest BCUT2D eigenvalue weighted by molar-refractivity contribution is 0.272. The molecule has 1 heterocycles. The van der Waals surface area contributed by atoms with Gasteiger partial charge in [-0.15, -0.1) is 11.3 Å². The van der Waals surface area contributed by atoms with Gasteiger partial charge in [-0.05, 0) is 57.7 Å². The van der Waals surface area contributed by atoms with Crippen LogP contribution < -0.4 is 5.73 Å². The SMILES string of the molecule is CCCN(CCCCc1sc(N)nc1C)CCc1ccccc1. The number of unbranched alkanes of at least 4 members (excludes halogenated alkanes) is 1. The van der Waals surface area contributed by atoms with E-state index in [2.05, 4.69) is 54.1 Å². The molecule has 0 amide bonds. The monoisotopic (exact) mass is 331 g/mol. The molecule has 2 aromatic rings. The maximum atomic E-state index is 5.77. The van der Waals surface area contributed by atoms with E-state index in [1.807, 2.05) is 0 Å². The summed E-state index contributed by atoms with van der Waals surface area (Å²) in [4.78, 5) is 8.26. The van der Waals surface area contributed by atoms with Gasteiger partial charge in [0.2, 0.25) is 0 Å². The first-order valence-electron chi connectivity index (χ1n) is 8.67. The van der Waals surface area contributed by atoms with Crippen LogP contribution in [0.15, 0.2) is 30.3 Å². The van der Waals surface area contributed by atoms with E-state index in [0.29, 0.717) is 5.13 Å². The average molecular weight is 332 g/mol. The second kappa shape index (κ2) is 9.68. The van der Waals surface area contributed by atoms with Crippen LogP contribution in [0, 0.1) is 6.92 Å². The van der Waals surface area contributed by atoms with Crippen LogP contribution in [-0.2, 0) is 12.8 Å². The molecule has 2 N–H and O–H groups in total. The molecule has 0 bridgehead atoms. The second-order valence-corrected chi connectivity index (χ2v) is 7.21. The Labute approximate surface area is 144 Å². The van der Waals surface area contributed by atoms with Crippen LogP contribution in [0.4, 0.5) is 5.13 Å². The summed E-state index contributed by atoms with van der Waals surface area (Å²) >= 11 is 1.64. The first-order valence-corrected chi connectivity index (χ1v) is 9.48. The maximum Gasteiger partial charge on any atom is 0.180 e. The van der Waals surface area contributed by atoms with Gasteiger partial charge < -0.3 is 10.6 Å². The molecule has 2 rings (SSSR count). The number of anilines is 1.